The molecule has 0 radical (unpaired) electrons. The van der Waals surface area contributed by atoms with Crippen molar-refractivity contribution in [2.24, 2.45) is 5.92 Å². The fourth-order valence-corrected chi connectivity index (χ4v) is 10.7. The summed E-state index contributed by atoms with van der Waals surface area (Å²) >= 11 is 6.95. The Morgan fingerprint density at radius 3 is 2.23 bits per heavy atom. The van der Waals surface area contributed by atoms with Gasteiger partial charge in [0.1, 0.15) is 30.6 Å². The monoisotopic (exact) mass is 825 g/mol. The van der Waals surface area contributed by atoms with Crippen LogP contribution >= 0.6 is 11.6 Å². The van der Waals surface area contributed by atoms with Crippen LogP contribution in [0.1, 0.15) is 90.0 Å². The van der Waals surface area contributed by atoms with Gasteiger partial charge >= 0.3 is 12.0 Å². The summed E-state index contributed by atoms with van der Waals surface area (Å²) < 4.78 is 39.9. The lowest BCUT2D eigenvalue weighted by Crippen LogP contribution is -2.47. The molecule has 0 amide bonds. The predicted molar refractivity (Wildman–Crippen MR) is 226 cm³/mol. The fraction of sp³-hybridized carbons (Fsp3) is 0.698. The van der Waals surface area contributed by atoms with E-state index in [1.807, 2.05) is 10.6 Å². The van der Waals surface area contributed by atoms with Gasteiger partial charge in [0, 0.05) is 26.7 Å². The summed E-state index contributed by atoms with van der Waals surface area (Å²) in [6.45, 7) is 20.1. The molecule has 2 saturated heterocycles. The van der Waals surface area contributed by atoms with Crippen molar-refractivity contribution in [3.63, 3.8) is 0 Å². The molecule has 3 aromatic rings. The fourth-order valence-electron chi connectivity index (χ4n) is 8.36. The molecule has 7 rings (SSSR count). The number of hydrogen-bond donors (Lipinski definition) is 0. The highest BCUT2D eigenvalue weighted by Crippen LogP contribution is 2.42. The third-order valence-electron chi connectivity index (χ3n) is 12.9. The molecule has 10 nitrogen and oxygen atoms in total. The number of carbonyl (C=O) groups excluding carboxylic acids is 1. The second-order valence-electron chi connectivity index (χ2n) is 19.4. The highest BCUT2D eigenvalue weighted by molar-refractivity contribution is 6.76. The summed E-state index contributed by atoms with van der Waals surface area (Å²) in [4.78, 5) is 22.6. The molecule has 4 aliphatic rings. The Labute approximate surface area is 340 Å². The maximum atomic E-state index is 12.5. The number of esters is 1. The normalized spacial score (nSPS) is 26.2. The minimum Gasteiger partial charge on any atom is -0.462 e. The number of benzene rings is 1. The van der Waals surface area contributed by atoms with Crippen LogP contribution in [-0.2, 0) is 34.9 Å². The maximum Gasteiger partial charge on any atom is 0.306 e. The number of pyridine rings is 1. The third kappa shape index (κ3) is 9.75. The first-order valence-corrected chi connectivity index (χ1v) is 28.1. The van der Waals surface area contributed by atoms with Gasteiger partial charge in [-0.05, 0) is 99.0 Å². The van der Waals surface area contributed by atoms with E-state index in [9.17, 15) is 4.79 Å². The molecule has 308 valence electrons. The van der Waals surface area contributed by atoms with Gasteiger partial charge in [0.2, 0.25) is 0 Å². The summed E-state index contributed by atoms with van der Waals surface area (Å²) in [7, 11) is -3.32. The molecular weight excluding hydrogens is 762 g/mol. The lowest BCUT2D eigenvalue weighted by Gasteiger charge is -2.39. The molecule has 2 aliphatic heterocycles. The van der Waals surface area contributed by atoms with E-state index in [4.69, 9.17) is 49.7 Å². The number of imidazole rings is 1. The molecular formula is C43H64ClN3O7Si2. The Morgan fingerprint density at radius 1 is 0.911 bits per heavy atom. The van der Waals surface area contributed by atoms with Crippen LogP contribution in [0, 0.1) is 5.92 Å². The number of rotatable bonds is 14. The van der Waals surface area contributed by atoms with Crippen molar-refractivity contribution < 1.29 is 32.9 Å². The number of ether oxygens (including phenoxy) is 5. The summed E-state index contributed by atoms with van der Waals surface area (Å²) in [6.07, 6.45) is 8.43. The second kappa shape index (κ2) is 17.1. The molecule has 2 saturated carbocycles. The van der Waals surface area contributed by atoms with Gasteiger partial charge in [-0.25, -0.2) is 4.98 Å². The maximum absolute atomic E-state index is 12.5. The van der Waals surface area contributed by atoms with E-state index in [0.29, 0.717) is 66.0 Å². The van der Waals surface area contributed by atoms with Crippen molar-refractivity contribution in [3.05, 3.63) is 40.9 Å². The van der Waals surface area contributed by atoms with Gasteiger partial charge in [-0.15, -0.1) is 0 Å². The Hall–Kier alpha value is -2.33. The van der Waals surface area contributed by atoms with Crippen LogP contribution < -0.4 is 4.74 Å². The number of fused-ring (bicyclic) bond motifs is 2. The van der Waals surface area contributed by atoms with E-state index in [2.05, 4.69) is 77.8 Å². The smallest absolute Gasteiger partial charge is 0.306 e. The van der Waals surface area contributed by atoms with Gasteiger partial charge in [-0.1, -0.05) is 76.3 Å². The zero-order chi connectivity index (χ0) is 39.8. The van der Waals surface area contributed by atoms with Crippen LogP contribution in [0.15, 0.2) is 30.3 Å². The van der Waals surface area contributed by atoms with E-state index < -0.39 is 16.4 Å². The van der Waals surface area contributed by atoms with Gasteiger partial charge in [-0.2, -0.15) is 4.98 Å². The van der Waals surface area contributed by atoms with Crippen LogP contribution in [0.2, 0.25) is 48.8 Å². The highest BCUT2D eigenvalue weighted by Gasteiger charge is 2.52. The summed E-state index contributed by atoms with van der Waals surface area (Å²) in [5, 5.41) is 0.613. The van der Waals surface area contributed by atoms with E-state index in [-0.39, 0.29) is 48.3 Å². The second-order valence-corrected chi connectivity index (χ2v) is 30.2. The molecule has 56 heavy (non-hydrogen) atoms. The zero-order valence-electron chi connectivity index (χ0n) is 34.9. The van der Waals surface area contributed by atoms with Crippen LogP contribution in [0.25, 0.3) is 22.4 Å². The molecule has 1 aromatic carbocycles. The van der Waals surface area contributed by atoms with Crippen LogP contribution in [-0.4, -0.2) is 87.2 Å². The summed E-state index contributed by atoms with van der Waals surface area (Å²) in [6, 6.07) is 12.0. The van der Waals surface area contributed by atoms with Crippen molar-refractivity contribution >= 4 is 45.1 Å². The molecule has 0 unspecified atom stereocenters. The van der Waals surface area contributed by atoms with Crippen molar-refractivity contribution in [2.45, 2.75) is 166 Å². The van der Waals surface area contributed by atoms with Gasteiger partial charge in [0.15, 0.2) is 20.1 Å². The SMILES string of the molecule is CC(C)(C)[Si](C)(C)O[C@@H]1CO[C@H]2[C@@H]1OC[C@H]2Oc1nc2cc(Cl)c(-c3ccc(C4CCC(CC(=O)OC5CCCC5)CC4)cc3)nc2n1COCC[Si](C)(C)C. The number of halogens is 1. The minimum absolute atomic E-state index is 0.00558. The number of hydrogen-bond acceptors (Lipinski definition) is 9. The number of carbonyl (C=O) groups is 1. The molecule has 4 heterocycles. The largest absolute Gasteiger partial charge is 0.462 e. The lowest BCUT2D eigenvalue weighted by molar-refractivity contribution is -0.150. The Balaban J connectivity index is 1.05. The molecule has 2 aliphatic carbocycles. The molecule has 0 bridgehead atoms. The van der Waals surface area contributed by atoms with E-state index in [0.717, 1.165) is 50.1 Å². The average Bonchev–Trinajstić information content (AvgIpc) is 3.93. The summed E-state index contributed by atoms with van der Waals surface area (Å²) in [5.41, 5.74) is 4.25. The van der Waals surface area contributed by atoms with Gasteiger partial charge in [0.25, 0.3) is 0 Å². The van der Waals surface area contributed by atoms with Crippen LogP contribution in [0.3, 0.4) is 0 Å². The van der Waals surface area contributed by atoms with Crippen molar-refractivity contribution in [1.29, 1.82) is 0 Å². The Morgan fingerprint density at radius 2 is 1.57 bits per heavy atom. The first-order valence-electron chi connectivity index (χ1n) is 21.1. The minimum atomic E-state index is -2.02. The standard InChI is InChI=1S/C43H64ClN3O7Si2/c1-43(2,3)56(7,8)54-36-26-51-39-35(25-50-40(36)39)53-42-45-34-24-33(44)38(46-41(34)47(42)27-49-21-22-55(4,5)6)31-19-17-30(18-20-31)29-15-13-28(14-16-29)23-37(48)52-32-11-9-10-12-32/h17-20,24,28-29,32,35-36,39-40H,9-16,21-23,25-27H2,1-8H3/t28?,29?,35-,36-,39-,40-/m1/s1. The van der Waals surface area contributed by atoms with E-state index in [1.165, 1.54) is 18.4 Å². The molecule has 0 spiro atoms. The quantitative estimate of drug-likeness (QED) is 0.0893. The highest BCUT2D eigenvalue weighted by atomic mass is 35.5. The molecule has 4 atom stereocenters. The van der Waals surface area contributed by atoms with Crippen LogP contribution in [0.4, 0.5) is 0 Å². The topological polar surface area (TPSA) is 103 Å². The van der Waals surface area contributed by atoms with Crippen molar-refractivity contribution in [2.75, 3.05) is 19.8 Å². The zero-order valence-corrected chi connectivity index (χ0v) is 37.7. The van der Waals surface area contributed by atoms with Crippen molar-refractivity contribution in [1.82, 2.24) is 14.5 Å². The number of aromatic nitrogens is 3. The Bertz CT molecular complexity index is 1810. The van der Waals surface area contributed by atoms with Gasteiger partial charge < -0.3 is 28.1 Å². The van der Waals surface area contributed by atoms with E-state index in [1.54, 1.807) is 0 Å². The molecule has 4 fully saturated rings. The Kier molecular flexibility index (Phi) is 12.8. The molecule has 0 N–H and O–H groups in total. The average molecular weight is 827 g/mol. The summed E-state index contributed by atoms with van der Waals surface area (Å²) in [5.74, 6) is 0.886. The van der Waals surface area contributed by atoms with Gasteiger partial charge in [-0.3, -0.25) is 9.36 Å². The molecule has 2 aromatic heterocycles. The van der Waals surface area contributed by atoms with Gasteiger partial charge in [0.05, 0.1) is 30.0 Å². The van der Waals surface area contributed by atoms with E-state index >= 15 is 0 Å². The third-order valence-corrected chi connectivity index (χ3v) is 19.4. The number of nitrogens with zero attached hydrogens (tertiary/aromatic N) is 3. The molecule has 13 heteroatoms. The van der Waals surface area contributed by atoms with Crippen molar-refractivity contribution in [3.8, 4) is 17.3 Å². The predicted octanol–water partition coefficient (Wildman–Crippen LogP) is 10.1. The van der Waals surface area contributed by atoms with Crippen LogP contribution in [0.5, 0.6) is 6.01 Å². The first-order chi connectivity index (χ1) is 26.5. The lowest BCUT2D eigenvalue weighted by atomic mass is 9.77. The first kappa shape index (κ1) is 41.8.